The molecule has 0 saturated heterocycles. The molecule has 1 N–H and O–H groups in total. The van der Waals surface area contributed by atoms with Crippen molar-refractivity contribution in [1.29, 1.82) is 0 Å². The van der Waals surface area contributed by atoms with Gasteiger partial charge in [0.05, 0.1) is 5.69 Å². The van der Waals surface area contributed by atoms with Crippen molar-refractivity contribution in [3.8, 4) is 17.1 Å². The largest absolute Gasteiger partial charge is 0.349 e. The summed E-state index contributed by atoms with van der Waals surface area (Å²) in [4.78, 5) is 19.0. The molecule has 134 valence electrons. The van der Waals surface area contributed by atoms with Crippen LogP contribution in [0.5, 0.6) is 0 Å². The smallest absolute Gasteiger partial charge is 0.290 e. The van der Waals surface area contributed by atoms with Gasteiger partial charge >= 0.3 is 0 Å². The van der Waals surface area contributed by atoms with E-state index in [1.54, 1.807) is 4.68 Å². The average Bonchev–Trinajstić information content (AvgIpc) is 3.12. The van der Waals surface area contributed by atoms with E-state index in [4.69, 9.17) is 0 Å². The lowest BCUT2D eigenvalue weighted by Gasteiger charge is -2.08. The van der Waals surface area contributed by atoms with Crippen molar-refractivity contribution in [2.45, 2.75) is 6.42 Å². The molecule has 0 spiro atoms. The van der Waals surface area contributed by atoms with Crippen LogP contribution in [-0.2, 0) is 0 Å². The van der Waals surface area contributed by atoms with Gasteiger partial charge in [0.2, 0.25) is 5.82 Å². The molecule has 3 aromatic rings. The fraction of sp³-hybridized carbons (Fsp3) is 0.250. The third-order valence-corrected chi connectivity index (χ3v) is 3.91. The highest BCUT2D eigenvalue weighted by atomic mass is 16.2. The summed E-state index contributed by atoms with van der Waals surface area (Å²) in [5.41, 5.74) is 1.78. The Morgan fingerprint density at radius 1 is 1.04 bits per heavy atom. The number of rotatable bonds is 7. The predicted octanol–water partition coefficient (Wildman–Crippen LogP) is 2.62. The summed E-state index contributed by atoms with van der Waals surface area (Å²) in [5, 5.41) is 7.35. The van der Waals surface area contributed by atoms with Gasteiger partial charge in [-0.25, -0.2) is 9.67 Å². The minimum Gasteiger partial charge on any atom is -0.349 e. The Kier molecular flexibility index (Phi) is 5.76. The molecule has 1 amide bonds. The Balaban J connectivity index is 1.86. The lowest BCUT2D eigenvalue weighted by molar-refractivity contribution is 0.0942. The number of hydrogen-bond donors (Lipinski definition) is 1. The van der Waals surface area contributed by atoms with Crippen LogP contribution in [-0.4, -0.2) is 52.8 Å². The van der Waals surface area contributed by atoms with Crippen LogP contribution in [0.2, 0.25) is 0 Å². The van der Waals surface area contributed by atoms with Gasteiger partial charge < -0.3 is 10.2 Å². The van der Waals surface area contributed by atoms with E-state index in [0.717, 1.165) is 24.2 Å². The maximum absolute atomic E-state index is 12.5. The van der Waals surface area contributed by atoms with Crippen LogP contribution in [0.4, 0.5) is 0 Å². The topological polar surface area (TPSA) is 63.1 Å². The molecule has 6 nitrogen and oxygen atoms in total. The quantitative estimate of drug-likeness (QED) is 0.666. The van der Waals surface area contributed by atoms with Gasteiger partial charge in [0.1, 0.15) is 0 Å². The molecule has 0 bridgehead atoms. The standard InChI is InChI=1S/C20H23N5O/c1-24(2)15-9-14-21-20(26)18-22-19(16-10-5-3-6-11-16)25(23-18)17-12-7-4-8-13-17/h3-8,10-13H,9,14-15H2,1-2H3,(H,21,26). The summed E-state index contributed by atoms with van der Waals surface area (Å²) in [6.45, 7) is 1.51. The molecule has 0 unspecified atom stereocenters. The number of amides is 1. The number of hydrogen-bond acceptors (Lipinski definition) is 4. The summed E-state index contributed by atoms with van der Waals surface area (Å²) in [6.07, 6.45) is 0.879. The van der Waals surface area contributed by atoms with Crippen molar-refractivity contribution >= 4 is 5.91 Å². The van der Waals surface area contributed by atoms with Crippen LogP contribution in [0.25, 0.3) is 17.1 Å². The van der Waals surface area contributed by atoms with Gasteiger partial charge in [-0.15, -0.1) is 5.10 Å². The molecule has 2 aromatic carbocycles. The number of carbonyl (C=O) groups excluding carboxylic acids is 1. The van der Waals surface area contributed by atoms with Crippen LogP contribution < -0.4 is 5.32 Å². The lowest BCUT2D eigenvalue weighted by Crippen LogP contribution is -2.28. The fourth-order valence-corrected chi connectivity index (χ4v) is 2.61. The SMILES string of the molecule is CN(C)CCCNC(=O)c1nc(-c2ccccc2)n(-c2ccccc2)n1. The molecule has 1 heterocycles. The monoisotopic (exact) mass is 349 g/mol. The Bertz CT molecular complexity index is 786. The first-order chi connectivity index (χ1) is 12.6. The van der Waals surface area contributed by atoms with E-state index in [1.807, 2.05) is 74.8 Å². The highest BCUT2D eigenvalue weighted by Crippen LogP contribution is 2.20. The van der Waals surface area contributed by atoms with Crippen molar-refractivity contribution in [3.05, 3.63) is 66.5 Å². The number of nitrogens with one attached hydrogen (secondary N) is 1. The molecular formula is C20H23N5O. The van der Waals surface area contributed by atoms with Gasteiger partial charge in [-0.1, -0.05) is 48.5 Å². The molecule has 0 aliphatic rings. The number of nitrogens with zero attached hydrogens (tertiary/aromatic N) is 4. The molecule has 1 aromatic heterocycles. The minimum atomic E-state index is -0.254. The third kappa shape index (κ3) is 4.34. The first kappa shape index (κ1) is 17.8. The molecular weight excluding hydrogens is 326 g/mol. The molecule has 0 saturated carbocycles. The molecule has 6 heteroatoms. The van der Waals surface area contributed by atoms with Gasteiger partial charge in [-0.2, -0.15) is 0 Å². The second-order valence-electron chi connectivity index (χ2n) is 6.29. The molecule has 0 atom stereocenters. The maximum Gasteiger partial charge on any atom is 0.290 e. The highest BCUT2D eigenvalue weighted by Gasteiger charge is 2.18. The van der Waals surface area contributed by atoms with E-state index in [2.05, 4.69) is 20.3 Å². The summed E-state index contributed by atoms with van der Waals surface area (Å²) < 4.78 is 1.71. The first-order valence-corrected chi connectivity index (χ1v) is 8.66. The van der Waals surface area contributed by atoms with Crippen molar-refractivity contribution < 1.29 is 4.79 Å². The zero-order valence-electron chi connectivity index (χ0n) is 15.1. The molecule has 0 aliphatic heterocycles. The van der Waals surface area contributed by atoms with Gasteiger partial charge in [-0.3, -0.25) is 4.79 Å². The zero-order chi connectivity index (χ0) is 18.4. The molecule has 26 heavy (non-hydrogen) atoms. The van der Waals surface area contributed by atoms with Crippen LogP contribution in [0.1, 0.15) is 17.0 Å². The van der Waals surface area contributed by atoms with Gasteiger partial charge in [0.25, 0.3) is 5.91 Å². The fourth-order valence-electron chi connectivity index (χ4n) is 2.61. The maximum atomic E-state index is 12.5. The summed E-state index contributed by atoms with van der Waals surface area (Å²) >= 11 is 0. The molecule has 3 rings (SSSR count). The van der Waals surface area contributed by atoms with Crippen molar-refractivity contribution in [1.82, 2.24) is 25.0 Å². The van der Waals surface area contributed by atoms with Crippen LogP contribution in [0.15, 0.2) is 60.7 Å². The predicted molar refractivity (Wildman–Crippen MR) is 102 cm³/mol. The van der Waals surface area contributed by atoms with Gasteiger partial charge in [-0.05, 0) is 39.2 Å². The van der Waals surface area contributed by atoms with Crippen LogP contribution in [0.3, 0.4) is 0 Å². The number of carbonyl (C=O) groups is 1. The Labute approximate surface area is 153 Å². The number of aromatic nitrogens is 3. The summed E-state index contributed by atoms with van der Waals surface area (Å²) in [5.74, 6) is 0.573. The number of para-hydroxylation sites is 1. The van der Waals surface area contributed by atoms with Crippen molar-refractivity contribution in [3.63, 3.8) is 0 Å². The van der Waals surface area contributed by atoms with E-state index < -0.39 is 0 Å². The van der Waals surface area contributed by atoms with Crippen LogP contribution in [0, 0.1) is 0 Å². The average molecular weight is 349 g/mol. The molecule has 0 fully saturated rings. The number of benzene rings is 2. The third-order valence-electron chi connectivity index (χ3n) is 3.91. The minimum absolute atomic E-state index is 0.178. The second-order valence-corrected chi connectivity index (χ2v) is 6.29. The molecule has 0 radical (unpaired) electrons. The first-order valence-electron chi connectivity index (χ1n) is 8.66. The van der Waals surface area contributed by atoms with E-state index in [0.29, 0.717) is 12.4 Å². The van der Waals surface area contributed by atoms with Crippen LogP contribution >= 0.6 is 0 Å². The van der Waals surface area contributed by atoms with Crippen molar-refractivity contribution in [2.24, 2.45) is 0 Å². The normalized spacial score (nSPS) is 10.9. The van der Waals surface area contributed by atoms with E-state index >= 15 is 0 Å². The Hall–Kier alpha value is -2.99. The highest BCUT2D eigenvalue weighted by molar-refractivity contribution is 5.91. The van der Waals surface area contributed by atoms with E-state index in [1.165, 1.54) is 0 Å². The van der Waals surface area contributed by atoms with Gasteiger partial charge in [0.15, 0.2) is 5.82 Å². The zero-order valence-corrected chi connectivity index (χ0v) is 15.1. The van der Waals surface area contributed by atoms with E-state index in [9.17, 15) is 4.79 Å². The molecule has 0 aliphatic carbocycles. The van der Waals surface area contributed by atoms with Gasteiger partial charge in [0, 0.05) is 12.1 Å². The van der Waals surface area contributed by atoms with E-state index in [-0.39, 0.29) is 11.7 Å². The Morgan fingerprint density at radius 3 is 2.35 bits per heavy atom. The summed E-state index contributed by atoms with van der Waals surface area (Å²) in [7, 11) is 4.02. The second kappa shape index (κ2) is 8.40. The summed E-state index contributed by atoms with van der Waals surface area (Å²) in [6, 6.07) is 19.5. The van der Waals surface area contributed by atoms with Crippen molar-refractivity contribution in [2.75, 3.05) is 27.2 Å². The Morgan fingerprint density at radius 2 is 1.69 bits per heavy atom. The lowest BCUT2D eigenvalue weighted by atomic mass is 10.2.